The van der Waals surface area contributed by atoms with Crippen molar-refractivity contribution in [3.63, 3.8) is 0 Å². The molecule has 146 valence electrons. The van der Waals surface area contributed by atoms with Crippen LogP contribution >= 0.6 is 0 Å². The molecule has 0 spiro atoms. The fourth-order valence-corrected chi connectivity index (χ4v) is 2.02. The molecule has 0 aromatic heterocycles. The molecule has 14 heteroatoms. The largest absolute Gasteiger partial charge is 0.340 e. The molecule has 0 aliphatic carbocycles. The molecule has 2 aliphatic rings. The van der Waals surface area contributed by atoms with Crippen molar-refractivity contribution in [1.82, 2.24) is 10.2 Å². The number of hydrogen-bond donors (Lipinski definition) is 0. The number of nitrogens with zero attached hydrogens (tertiary/aromatic N) is 2. The van der Waals surface area contributed by atoms with E-state index in [1.807, 2.05) is 0 Å². The zero-order valence-electron chi connectivity index (χ0n) is 11.7. The molecule has 0 N–H and O–H groups in total. The van der Waals surface area contributed by atoms with Crippen LogP contribution in [0.1, 0.15) is 0 Å². The van der Waals surface area contributed by atoms with Crippen molar-refractivity contribution in [2.45, 2.75) is 24.4 Å². The van der Waals surface area contributed by atoms with Crippen LogP contribution in [0.4, 0.5) is 52.9 Å². The van der Waals surface area contributed by atoms with Crippen LogP contribution in [0.15, 0.2) is 46.9 Å². The molecule has 0 aromatic rings. The number of rotatable bonds is 3. The van der Waals surface area contributed by atoms with Gasteiger partial charge in [0, 0.05) is 0 Å². The zero-order valence-corrected chi connectivity index (χ0v) is 11.7. The predicted octanol–water partition coefficient (Wildman–Crippen LogP) is 5.32. The first-order valence-corrected chi connectivity index (χ1v) is 6.23. The Kier molecular flexibility index (Phi) is 4.75. The molecule has 0 bridgehead atoms. The van der Waals surface area contributed by atoms with Crippen molar-refractivity contribution in [2.75, 3.05) is 0 Å². The lowest BCUT2D eigenvalue weighted by Gasteiger charge is -2.36. The minimum atomic E-state index is -6.00. The normalized spacial score (nSPS) is 25.7. The molecule has 2 aliphatic heterocycles. The first kappa shape index (κ1) is 20.0. The van der Waals surface area contributed by atoms with Gasteiger partial charge in [0.15, 0.2) is 11.7 Å². The number of alkyl halides is 6. The van der Waals surface area contributed by atoms with E-state index < -0.39 is 81.5 Å². The van der Waals surface area contributed by atoms with E-state index in [1.165, 1.54) is 0 Å². The van der Waals surface area contributed by atoms with E-state index in [-0.39, 0.29) is 0 Å². The van der Waals surface area contributed by atoms with Crippen LogP contribution in [0.2, 0.25) is 0 Å². The van der Waals surface area contributed by atoms with Gasteiger partial charge in [-0.25, -0.2) is 17.6 Å². The average molecular weight is 404 g/mol. The van der Waals surface area contributed by atoms with E-state index >= 15 is 0 Å². The third-order valence-corrected chi connectivity index (χ3v) is 3.36. The van der Waals surface area contributed by atoms with Gasteiger partial charge in [0.05, 0.1) is 11.1 Å². The third kappa shape index (κ3) is 2.70. The highest BCUT2D eigenvalue weighted by molar-refractivity contribution is 5.40. The molecule has 2 atom stereocenters. The van der Waals surface area contributed by atoms with Gasteiger partial charge in [-0.3, -0.25) is 0 Å². The number of allylic oxidation sites excluding steroid dienone is 4. The molecule has 0 amide bonds. The Hall–Kier alpha value is -2.28. The first-order chi connectivity index (χ1) is 11.7. The standard InChI is InChI=1S/C12H4F12N2/c13-5-1-3(7(15)25(23)9(5)17)11(19,20)12(21,22)4-2-6(14)10(18)26(24)8(4)16/h1-2,7-8H. The lowest BCUT2D eigenvalue weighted by Crippen LogP contribution is -2.52. The first-order valence-electron chi connectivity index (χ1n) is 6.23. The van der Waals surface area contributed by atoms with Crippen molar-refractivity contribution in [3.8, 4) is 0 Å². The van der Waals surface area contributed by atoms with Crippen LogP contribution in [-0.4, -0.2) is 34.7 Å². The van der Waals surface area contributed by atoms with Gasteiger partial charge in [0.25, 0.3) is 11.9 Å². The molecule has 0 saturated heterocycles. The zero-order chi connectivity index (χ0) is 20.2. The third-order valence-electron chi connectivity index (χ3n) is 3.36. The summed E-state index contributed by atoms with van der Waals surface area (Å²) in [5, 5.41) is -3.78. The predicted molar refractivity (Wildman–Crippen MR) is 60.2 cm³/mol. The van der Waals surface area contributed by atoms with Crippen LogP contribution in [0.25, 0.3) is 0 Å². The molecule has 2 unspecified atom stereocenters. The fourth-order valence-electron chi connectivity index (χ4n) is 2.02. The van der Waals surface area contributed by atoms with Gasteiger partial charge in [-0.2, -0.15) is 26.3 Å². The summed E-state index contributed by atoms with van der Waals surface area (Å²) in [5.41, 5.74) is -5.42. The Balaban J connectivity index is 2.58. The Morgan fingerprint density at radius 1 is 0.654 bits per heavy atom. The van der Waals surface area contributed by atoms with Crippen LogP contribution < -0.4 is 0 Å². The monoisotopic (exact) mass is 404 g/mol. The Morgan fingerprint density at radius 3 is 1.19 bits per heavy atom. The summed E-state index contributed by atoms with van der Waals surface area (Å²) in [6.07, 6.45) is -9.59. The van der Waals surface area contributed by atoms with Gasteiger partial charge in [0.1, 0.15) is 0 Å². The summed E-state index contributed by atoms with van der Waals surface area (Å²) in [7, 11) is 0. The van der Waals surface area contributed by atoms with Gasteiger partial charge in [-0.05, 0) is 12.2 Å². The topological polar surface area (TPSA) is 6.48 Å². The van der Waals surface area contributed by atoms with E-state index in [0.29, 0.717) is 0 Å². The van der Waals surface area contributed by atoms with Crippen LogP contribution in [0, 0.1) is 0 Å². The number of halogens is 12. The molecule has 2 rings (SSSR count). The highest BCUT2D eigenvalue weighted by Crippen LogP contribution is 2.51. The number of hydrogen-bond acceptors (Lipinski definition) is 2. The van der Waals surface area contributed by atoms with Gasteiger partial charge in [-0.1, -0.05) is 8.96 Å². The molecule has 2 heterocycles. The minimum absolute atomic E-state index is 0.819. The van der Waals surface area contributed by atoms with Gasteiger partial charge >= 0.3 is 11.8 Å². The second kappa shape index (κ2) is 6.16. The summed E-state index contributed by atoms with van der Waals surface area (Å²) in [6, 6.07) is 0. The fraction of sp³-hybridized carbons (Fsp3) is 0.333. The van der Waals surface area contributed by atoms with Crippen molar-refractivity contribution in [2.24, 2.45) is 0 Å². The Bertz CT molecular complexity index is 674. The van der Waals surface area contributed by atoms with E-state index in [9.17, 15) is 52.9 Å². The maximum absolute atomic E-state index is 14.0. The maximum Gasteiger partial charge on any atom is 0.340 e. The highest BCUT2D eigenvalue weighted by Gasteiger charge is 2.66. The SMILES string of the molecule is FC1=C(F)N(F)C(F)C(C(F)(F)C(F)(F)C2=CC(F)=C(F)N(F)C2F)=C1. The molecule has 26 heavy (non-hydrogen) atoms. The summed E-state index contributed by atoms with van der Waals surface area (Å²) in [4.78, 5) is 0. The Labute approximate surface area is 135 Å². The quantitative estimate of drug-likeness (QED) is 0.357. The molecular formula is C12H4F12N2. The van der Waals surface area contributed by atoms with Crippen molar-refractivity contribution >= 4 is 0 Å². The second-order valence-corrected chi connectivity index (χ2v) is 4.92. The van der Waals surface area contributed by atoms with Crippen molar-refractivity contribution in [3.05, 3.63) is 46.9 Å². The molecule has 0 aromatic carbocycles. The van der Waals surface area contributed by atoms with Crippen LogP contribution in [0.5, 0.6) is 0 Å². The van der Waals surface area contributed by atoms with Crippen LogP contribution in [0.3, 0.4) is 0 Å². The summed E-state index contributed by atoms with van der Waals surface area (Å²) in [6.45, 7) is 0. The average Bonchev–Trinajstić information content (AvgIpc) is 2.56. The van der Waals surface area contributed by atoms with Crippen molar-refractivity contribution < 1.29 is 52.9 Å². The van der Waals surface area contributed by atoms with E-state index in [0.717, 1.165) is 0 Å². The summed E-state index contributed by atoms with van der Waals surface area (Å²) >= 11 is 0. The van der Waals surface area contributed by atoms with Gasteiger partial charge < -0.3 is 0 Å². The second-order valence-electron chi connectivity index (χ2n) is 4.92. The molecular weight excluding hydrogens is 400 g/mol. The van der Waals surface area contributed by atoms with E-state index in [1.54, 1.807) is 0 Å². The molecule has 0 radical (unpaired) electrons. The smallest absolute Gasteiger partial charge is 0.216 e. The highest BCUT2D eigenvalue weighted by atomic mass is 19.3. The Morgan fingerprint density at radius 2 is 0.923 bits per heavy atom. The minimum Gasteiger partial charge on any atom is -0.216 e. The van der Waals surface area contributed by atoms with Gasteiger partial charge in [0.2, 0.25) is 12.6 Å². The maximum atomic E-state index is 14.0. The lowest BCUT2D eigenvalue weighted by atomic mass is 9.92. The summed E-state index contributed by atoms with van der Waals surface area (Å²) < 4.78 is 160. The molecule has 0 fully saturated rings. The van der Waals surface area contributed by atoms with E-state index in [4.69, 9.17) is 0 Å². The molecule has 0 saturated carbocycles. The van der Waals surface area contributed by atoms with Crippen LogP contribution in [-0.2, 0) is 0 Å². The van der Waals surface area contributed by atoms with Crippen molar-refractivity contribution in [1.29, 1.82) is 0 Å². The molecule has 2 nitrogen and oxygen atoms in total. The van der Waals surface area contributed by atoms with E-state index in [2.05, 4.69) is 0 Å². The lowest BCUT2D eigenvalue weighted by molar-refractivity contribution is -0.193. The summed E-state index contributed by atoms with van der Waals surface area (Å²) in [5.74, 6) is -22.3. The van der Waals surface area contributed by atoms with Gasteiger partial charge in [-0.15, -0.1) is 10.2 Å².